The highest BCUT2D eigenvalue weighted by Crippen LogP contribution is 2.22. The summed E-state index contributed by atoms with van der Waals surface area (Å²) in [6, 6.07) is 22.8. The Morgan fingerprint density at radius 2 is 1.57 bits per heavy atom. The molecule has 0 N–H and O–H groups in total. The normalized spacial score (nSPS) is 11.0. The average molecular weight is 270 g/mol. The van der Waals surface area contributed by atoms with Crippen LogP contribution in [0.5, 0.6) is 0 Å². The van der Waals surface area contributed by atoms with E-state index in [9.17, 15) is 0 Å². The molecule has 0 saturated carbocycles. The van der Waals surface area contributed by atoms with Crippen molar-refractivity contribution in [1.29, 1.82) is 0 Å². The van der Waals surface area contributed by atoms with E-state index < -0.39 is 0 Å². The Morgan fingerprint density at radius 3 is 2.48 bits per heavy atom. The van der Waals surface area contributed by atoms with Gasteiger partial charge in [-0.25, -0.2) is 4.98 Å². The second-order valence-electron chi connectivity index (χ2n) is 5.18. The van der Waals surface area contributed by atoms with Crippen LogP contribution in [0.15, 0.2) is 72.9 Å². The molecule has 0 aliphatic rings. The minimum atomic E-state index is 0.816. The van der Waals surface area contributed by atoms with Crippen LogP contribution in [0.3, 0.4) is 0 Å². The van der Waals surface area contributed by atoms with Crippen LogP contribution < -0.4 is 0 Å². The molecule has 0 atom stereocenters. The SMILES string of the molecule is c1ccc(Cc2cnc3c(ccc4ccccc43)n2)cc1. The van der Waals surface area contributed by atoms with E-state index in [0.717, 1.165) is 28.5 Å². The molecular formula is C19H14N2. The number of hydrogen-bond donors (Lipinski definition) is 0. The summed E-state index contributed by atoms with van der Waals surface area (Å²) in [4.78, 5) is 9.40. The fourth-order valence-corrected chi connectivity index (χ4v) is 2.68. The summed E-state index contributed by atoms with van der Waals surface area (Å²) in [6.45, 7) is 0. The molecule has 0 spiro atoms. The molecule has 0 saturated heterocycles. The van der Waals surface area contributed by atoms with E-state index in [2.05, 4.69) is 53.5 Å². The number of nitrogens with zero attached hydrogens (tertiary/aromatic N) is 2. The topological polar surface area (TPSA) is 25.8 Å². The third kappa shape index (κ3) is 2.25. The third-order valence-corrected chi connectivity index (χ3v) is 3.71. The van der Waals surface area contributed by atoms with Gasteiger partial charge < -0.3 is 0 Å². The summed E-state index contributed by atoms with van der Waals surface area (Å²) in [6.07, 6.45) is 2.71. The second-order valence-corrected chi connectivity index (χ2v) is 5.18. The first-order chi connectivity index (χ1) is 10.4. The molecular weight excluding hydrogens is 256 g/mol. The van der Waals surface area contributed by atoms with Crippen LogP contribution in [0.2, 0.25) is 0 Å². The van der Waals surface area contributed by atoms with Gasteiger partial charge in [-0.05, 0) is 17.0 Å². The summed E-state index contributed by atoms with van der Waals surface area (Å²) < 4.78 is 0. The van der Waals surface area contributed by atoms with Crippen molar-refractivity contribution < 1.29 is 0 Å². The fraction of sp³-hybridized carbons (Fsp3) is 0.0526. The van der Waals surface area contributed by atoms with Gasteiger partial charge in [0.2, 0.25) is 0 Å². The Kier molecular flexibility index (Phi) is 2.86. The monoisotopic (exact) mass is 270 g/mol. The van der Waals surface area contributed by atoms with E-state index in [4.69, 9.17) is 4.98 Å². The van der Waals surface area contributed by atoms with Crippen molar-refractivity contribution in [2.24, 2.45) is 0 Å². The van der Waals surface area contributed by atoms with Crippen molar-refractivity contribution in [2.75, 3.05) is 0 Å². The molecule has 0 bridgehead atoms. The lowest BCUT2D eigenvalue weighted by atomic mass is 10.1. The van der Waals surface area contributed by atoms with Gasteiger partial charge in [-0.2, -0.15) is 0 Å². The number of benzene rings is 3. The van der Waals surface area contributed by atoms with Crippen LogP contribution in [0, 0.1) is 0 Å². The van der Waals surface area contributed by atoms with Gasteiger partial charge in [-0.15, -0.1) is 0 Å². The van der Waals surface area contributed by atoms with Crippen molar-refractivity contribution in [3.8, 4) is 0 Å². The molecule has 4 aromatic rings. The van der Waals surface area contributed by atoms with Gasteiger partial charge in [0.05, 0.1) is 16.7 Å². The maximum absolute atomic E-state index is 4.76. The maximum Gasteiger partial charge on any atom is 0.0965 e. The molecule has 1 heterocycles. The molecule has 0 aliphatic carbocycles. The van der Waals surface area contributed by atoms with E-state index in [1.54, 1.807) is 0 Å². The van der Waals surface area contributed by atoms with Crippen LogP contribution in [0.25, 0.3) is 21.8 Å². The van der Waals surface area contributed by atoms with Crippen LogP contribution in [-0.4, -0.2) is 9.97 Å². The van der Waals surface area contributed by atoms with Crippen molar-refractivity contribution in [2.45, 2.75) is 6.42 Å². The quantitative estimate of drug-likeness (QED) is 0.505. The lowest BCUT2D eigenvalue weighted by molar-refractivity contribution is 1.07. The number of hydrogen-bond acceptors (Lipinski definition) is 2. The largest absolute Gasteiger partial charge is 0.252 e. The standard InChI is InChI=1S/C19H14N2/c1-2-6-14(7-3-1)12-16-13-20-19-17-9-5-4-8-15(17)10-11-18(19)21-16/h1-11,13H,12H2. The van der Waals surface area contributed by atoms with E-state index in [1.165, 1.54) is 10.9 Å². The minimum Gasteiger partial charge on any atom is -0.252 e. The van der Waals surface area contributed by atoms with E-state index in [0.29, 0.717) is 0 Å². The predicted molar refractivity (Wildman–Crippen MR) is 86.3 cm³/mol. The van der Waals surface area contributed by atoms with Crippen molar-refractivity contribution in [3.63, 3.8) is 0 Å². The number of fused-ring (bicyclic) bond motifs is 3. The van der Waals surface area contributed by atoms with Gasteiger partial charge in [0.15, 0.2) is 0 Å². The fourth-order valence-electron chi connectivity index (χ4n) is 2.68. The zero-order valence-electron chi connectivity index (χ0n) is 11.5. The first-order valence-electron chi connectivity index (χ1n) is 7.07. The molecule has 4 rings (SSSR count). The minimum absolute atomic E-state index is 0.816. The Labute approximate surface area is 123 Å². The average Bonchev–Trinajstić information content (AvgIpc) is 2.55. The smallest absolute Gasteiger partial charge is 0.0965 e. The Hall–Kier alpha value is -2.74. The van der Waals surface area contributed by atoms with Gasteiger partial charge in [-0.3, -0.25) is 4.98 Å². The molecule has 0 fully saturated rings. The molecule has 2 nitrogen and oxygen atoms in total. The lowest BCUT2D eigenvalue weighted by Crippen LogP contribution is -1.95. The molecule has 2 heteroatoms. The third-order valence-electron chi connectivity index (χ3n) is 3.71. The van der Waals surface area contributed by atoms with Crippen molar-refractivity contribution >= 4 is 21.8 Å². The summed E-state index contributed by atoms with van der Waals surface area (Å²) in [5.41, 5.74) is 4.20. The van der Waals surface area contributed by atoms with Crippen molar-refractivity contribution in [3.05, 3.63) is 84.2 Å². The molecule has 1 aromatic heterocycles. The zero-order chi connectivity index (χ0) is 14.1. The van der Waals surface area contributed by atoms with Crippen LogP contribution in [0.1, 0.15) is 11.3 Å². The Balaban J connectivity index is 1.82. The first kappa shape index (κ1) is 12.0. The van der Waals surface area contributed by atoms with Crippen LogP contribution in [-0.2, 0) is 6.42 Å². The van der Waals surface area contributed by atoms with Gasteiger partial charge in [0.1, 0.15) is 0 Å². The van der Waals surface area contributed by atoms with Gasteiger partial charge >= 0.3 is 0 Å². The summed E-state index contributed by atoms with van der Waals surface area (Å²) in [5.74, 6) is 0. The predicted octanol–water partition coefficient (Wildman–Crippen LogP) is 4.37. The lowest BCUT2D eigenvalue weighted by Gasteiger charge is -2.05. The molecule has 0 unspecified atom stereocenters. The van der Waals surface area contributed by atoms with Gasteiger partial charge in [0.25, 0.3) is 0 Å². The molecule has 0 amide bonds. The van der Waals surface area contributed by atoms with E-state index >= 15 is 0 Å². The molecule has 0 aliphatic heterocycles. The van der Waals surface area contributed by atoms with E-state index in [1.807, 2.05) is 24.4 Å². The molecule has 3 aromatic carbocycles. The summed E-state index contributed by atoms with van der Waals surface area (Å²) in [7, 11) is 0. The highest BCUT2D eigenvalue weighted by atomic mass is 14.8. The van der Waals surface area contributed by atoms with Gasteiger partial charge in [0, 0.05) is 18.0 Å². The van der Waals surface area contributed by atoms with E-state index in [-0.39, 0.29) is 0 Å². The highest BCUT2D eigenvalue weighted by molar-refractivity contribution is 6.03. The second kappa shape index (κ2) is 4.98. The zero-order valence-corrected chi connectivity index (χ0v) is 11.5. The maximum atomic E-state index is 4.76. The van der Waals surface area contributed by atoms with Gasteiger partial charge in [-0.1, -0.05) is 60.7 Å². The molecule has 0 radical (unpaired) electrons. The Bertz CT molecular complexity index is 914. The summed E-state index contributed by atoms with van der Waals surface area (Å²) in [5, 5.41) is 2.36. The molecule has 21 heavy (non-hydrogen) atoms. The van der Waals surface area contributed by atoms with Crippen LogP contribution in [0.4, 0.5) is 0 Å². The Morgan fingerprint density at radius 1 is 0.762 bits per heavy atom. The van der Waals surface area contributed by atoms with Crippen molar-refractivity contribution in [1.82, 2.24) is 9.97 Å². The van der Waals surface area contributed by atoms with Crippen LogP contribution >= 0.6 is 0 Å². The summed E-state index contributed by atoms with van der Waals surface area (Å²) >= 11 is 0. The molecule has 100 valence electrons. The first-order valence-corrected chi connectivity index (χ1v) is 7.07. The number of aromatic nitrogens is 2. The highest BCUT2D eigenvalue weighted by Gasteiger charge is 2.04. The number of rotatable bonds is 2.